The van der Waals surface area contributed by atoms with E-state index in [9.17, 15) is 19.8 Å². The molecule has 0 aliphatic carbocycles. The highest BCUT2D eigenvalue weighted by Gasteiger charge is 2.42. The molecule has 2 aliphatic rings. The number of aromatic hydroxyl groups is 1. The van der Waals surface area contributed by atoms with Crippen molar-refractivity contribution in [3.8, 4) is 5.75 Å². The molecule has 0 radical (unpaired) electrons. The number of piperidine rings is 2. The molecule has 0 aromatic heterocycles. The fourth-order valence-electron chi connectivity index (χ4n) is 4.13. The summed E-state index contributed by atoms with van der Waals surface area (Å²) in [6.07, 6.45) is 3.53. The number of nitrogens with zero attached hydrogens (tertiary/aromatic N) is 2. The van der Waals surface area contributed by atoms with Gasteiger partial charge in [-0.1, -0.05) is 12.1 Å². The first-order valence-corrected chi connectivity index (χ1v) is 8.96. The molecule has 1 aromatic rings. The quantitative estimate of drug-likeness (QED) is 0.857. The zero-order valence-corrected chi connectivity index (χ0v) is 14.5. The number of β-amino-alcohol motifs (C(OH)–C–C–N with tert-alkyl or cyclic N) is 1. The Labute approximate surface area is 148 Å². The van der Waals surface area contributed by atoms with Gasteiger partial charge in [0.15, 0.2) is 0 Å². The lowest BCUT2D eigenvalue weighted by Crippen LogP contribution is -2.55. The maximum atomic E-state index is 12.7. The van der Waals surface area contributed by atoms with E-state index in [1.54, 1.807) is 23.1 Å². The number of phenolic OH excluding ortho intramolecular Hbond substituents is 1. The number of hydrogen-bond acceptors (Lipinski definition) is 4. The number of aliphatic hydroxyl groups is 1. The summed E-state index contributed by atoms with van der Waals surface area (Å²) in [4.78, 5) is 28.4. The Kier molecular flexibility index (Phi) is 5.27. The SMILES string of the molecule is O=C1CC[C@]2(CCCN(C(=O)Cc3cccc(O)c3)C2)CN1CCO. The molecular weight excluding hydrogens is 320 g/mol. The van der Waals surface area contributed by atoms with Crippen LogP contribution in [0.3, 0.4) is 0 Å². The molecule has 2 amide bonds. The van der Waals surface area contributed by atoms with Crippen molar-refractivity contribution in [3.05, 3.63) is 29.8 Å². The van der Waals surface area contributed by atoms with Crippen LogP contribution < -0.4 is 0 Å². The summed E-state index contributed by atoms with van der Waals surface area (Å²) in [6.45, 7) is 2.38. The molecule has 0 unspecified atom stereocenters. The zero-order chi connectivity index (χ0) is 17.9. The van der Waals surface area contributed by atoms with Crippen LogP contribution in [0.4, 0.5) is 0 Å². The molecule has 1 atom stereocenters. The van der Waals surface area contributed by atoms with Crippen LogP contribution in [0, 0.1) is 5.41 Å². The lowest BCUT2D eigenvalue weighted by atomic mass is 9.73. The number of carbonyl (C=O) groups is 2. The third-order valence-electron chi connectivity index (χ3n) is 5.40. The molecule has 2 N–H and O–H groups in total. The van der Waals surface area contributed by atoms with Gasteiger partial charge < -0.3 is 20.0 Å². The number of benzene rings is 1. The highest BCUT2D eigenvalue weighted by Crippen LogP contribution is 2.39. The van der Waals surface area contributed by atoms with Crippen LogP contribution in [-0.4, -0.2) is 64.6 Å². The number of rotatable bonds is 4. The average Bonchev–Trinajstić information content (AvgIpc) is 2.59. The van der Waals surface area contributed by atoms with Crippen LogP contribution in [0.25, 0.3) is 0 Å². The Morgan fingerprint density at radius 1 is 1.24 bits per heavy atom. The second-order valence-electron chi connectivity index (χ2n) is 7.30. The van der Waals surface area contributed by atoms with Crippen LogP contribution in [-0.2, 0) is 16.0 Å². The molecule has 2 saturated heterocycles. The van der Waals surface area contributed by atoms with Gasteiger partial charge in [-0.25, -0.2) is 0 Å². The number of phenols is 1. The smallest absolute Gasteiger partial charge is 0.227 e. The molecule has 2 aliphatic heterocycles. The molecule has 6 heteroatoms. The number of aliphatic hydroxyl groups excluding tert-OH is 1. The van der Waals surface area contributed by atoms with E-state index in [1.165, 1.54) is 0 Å². The lowest BCUT2D eigenvalue weighted by molar-refractivity contribution is -0.143. The van der Waals surface area contributed by atoms with Gasteiger partial charge in [-0.05, 0) is 37.0 Å². The van der Waals surface area contributed by atoms with Gasteiger partial charge in [0, 0.05) is 38.0 Å². The van der Waals surface area contributed by atoms with Gasteiger partial charge in [-0.15, -0.1) is 0 Å². The maximum absolute atomic E-state index is 12.7. The Bertz CT molecular complexity index is 648. The number of carbonyl (C=O) groups excluding carboxylic acids is 2. The van der Waals surface area contributed by atoms with E-state index >= 15 is 0 Å². The Balaban J connectivity index is 1.66. The van der Waals surface area contributed by atoms with Crippen LogP contribution in [0.2, 0.25) is 0 Å². The fourth-order valence-corrected chi connectivity index (χ4v) is 4.13. The van der Waals surface area contributed by atoms with Crippen molar-refractivity contribution >= 4 is 11.8 Å². The van der Waals surface area contributed by atoms with Gasteiger partial charge in [0.25, 0.3) is 0 Å². The molecule has 0 bridgehead atoms. The standard InChI is InChI=1S/C19H26N2O4/c22-10-9-21-14-19(7-5-17(21)24)6-2-8-20(13-19)18(25)12-15-3-1-4-16(23)11-15/h1,3-4,11,22-23H,2,5-10,12-14H2/t19-/m0/s1. The van der Waals surface area contributed by atoms with Gasteiger partial charge in [0.1, 0.15) is 5.75 Å². The van der Waals surface area contributed by atoms with Crippen molar-refractivity contribution in [1.82, 2.24) is 9.80 Å². The third kappa shape index (κ3) is 4.12. The Hall–Kier alpha value is -2.08. The largest absolute Gasteiger partial charge is 0.508 e. The predicted molar refractivity (Wildman–Crippen MR) is 93.0 cm³/mol. The first-order valence-electron chi connectivity index (χ1n) is 8.96. The van der Waals surface area contributed by atoms with Gasteiger partial charge >= 0.3 is 0 Å². The normalized spacial score (nSPS) is 24.0. The van der Waals surface area contributed by atoms with Crippen molar-refractivity contribution in [2.24, 2.45) is 5.41 Å². The van der Waals surface area contributed by atoms with Gasteiger partial charge in [-0.3, -0.25) is 9.59 Å². The summed E-state index contributed by atoms with van der Waals surface area (Å²) < 4.78 is 0. The minimum absolute atomic E-state index is 0.0258. The van der Waals surface area contributed by atoms with Gasteiger partial charge in [0.05, 0.1) is 13.0 Å². The average molecular weight is 346 g/mol. The minimum atomic E-state index is -0.0458. The van der Waals surface area contributed by atoms with Crippen LogP contribution in [0.15, 0.2) is 24.3 Å². The van der Waals surface area contributed by atoms with E-state index in [0.29, 0.717) is 26.1 Å². The molecule has 25 heavy (non-hydrogen) atoms. The topological polar surface area (TPSA) is 81.1 Å². The first-order chi connectivity index (χ1) is 12.0. The van der Waals surface area contributed by atoms with Crippen LogP contribution in [0.1, 0.15) is 31.2 Å². The van der Waals surface area contributed by atoms with Crippen molar-refractivity contribution in [3.63, 3.8) is 0 Å². The van der Waals surface area contributed by atoms with Crippen LogP contribution in [0.5, 0.6) is 5.75 Å². The monoisotopic (exact) mass is 346 g/mol. The molecule has 3 rings (SSSR count). The van der Waals surface area contributed by atoms with E-state index < -0.39 is 0 Å². The fraction of sp³-hybridized carbons (Fsp3) is 0.579. The molecule has 0 saturated carbocycles. The van der Waals surface area contributed by atoms with E-state index in [4.69, 9.17) is 0 Å². The summed E-state index contributed by atoms with van der Waals surface area (Å²) in [5.41, 5.74) is 0.765. The van der Waals surface area contributed by atoms with Crippen molar-refractivity contribution in [2.45, 2.75) is 32.1 Å². The van der Waals surface area contributed by atoms with E-state index in [1.807, 2.05) is 11.0 Å². The zero-order valence-electron chi connectivity index (χ0n) is 14.5. The maximum Gasteiger partial charge on any atom is 0.227 e. The second-order valence-corrected chi connectivity index (χ2v) is 7.30. The molecule has 2 heterocycles. The first kappa shape index (κ1) is 17.7. The van der Waals surface area contributed by atoms with E-state index in [2.05, 4.69) is 0 Å². The highest BCUT2D eigenvalue weighted by atomic mass is 16.3. The molecule has 1 aromatic carbocycles. The highest BCUT2D eigenvalue weighted by molar-refractivity contribution is 5.79. The van der Waals surface area contributed by atoms with E-state index in [-0.39, 0.29) is 36.0 Å². The predicted octanol–water partition coefficient (Wildman–Crippen LogP) is 1.16. The summed E-state index contributed by atoms with van der Waals surface area (Å²) in [5.74, 6) is 0.337. The van der Waals surface area contributed by atoms with Crippen molar-refractivity contribution < 1.29 is 19.8 Å². The van der Waals surface area contributed by atoms with Crippen molar-refractivity contribution in [1.29, 1.82) is 0 Å². The molecular formula is C19H26N2O4. The minimum Gasteiger partial charge on any atom is -0.508 e. The van der Waals surface area contributed by atoms with Gasteiger partial charge in [0.2, 0.25) is 11.8 Å². The lowest BCUT2D eigenvalue weighted by Gasteiger charge is -2.48. The summed E-state index contributed by atoms with van der Waals surface area (Å²) in [5, 5.41) is 18.7. The molecule has 136 valence electrons. The summed E-state index contributed by atoms with van der Waals surface area (Å²) in [7, 11) is 0. The second kappa shape index (κ2) is 7.44. The number of hydrogen-bond donors (Lipinski definition) is 2. The molecule has 2 fully saturated rings. The Morgan fingerprint density at radius 2 is 2.08 bits per heavy atom. The molecule has 1 spiro atoms. The summed E-state index contributed by atoms with van der Waals surface area (Å²) >= 11 is 0. The Morgan fingerprint density at radius 3 is 2.84 bits per heavy atom. The third-order valence-corrected chi connectivity index (χ3v) is 5.40. The summed E-state index contributed by atoms with van der Waals surface area (Å²) in [6, 6.07) is 6.81. The number of likely N-dealkylation sites (tertiary alicyclic amines) is 2. The van der Waals surface area contributed by atoms with Crippen molar-refractivity contribution in [2.75, 3.05) is 32.8 Å². The number of amides is 2. The van der Waals surface area contributed by atoms with Gasteiger partial charge in [-0.2, -0.15) is 0 Å². The van der Waals surface area contributed by atoms with E-state index in [0.717, 1.165) is 31.4 Å². The van der Waals surface area contributed by atoms with Crippen LogP contribution >= 0.6 is 0 Å². The molecule has 6 nitrogen and oxygen atoms in total.